The number of primary amides is 1. The number of nitrogens with one attached hydrogen (secondary N) is 1. The molecule has 1 aliphatic heterocycles. The maximum Gasteiger partial charge on any atom is 0.318 e. The third kappa shape index (κ3) is 3.30. The minimum atomic E-state index is -0.781. The Hall–Kier alpha value is -1.40. The molecule has 18 heavy (non-hydrogen) atoms. The lowest BCUT2D eigenvalue weighted by atomic mass is 10.2. The smallest absolute Gasteiger partial charge is 0.318 e. The SMILES string of the molecule is NC(=O)NC(=O)CCN1CCCC1c1cccs1. The number of carbonyl (C=O) groups excluding carboxylic acids is 2. The number of urea groups is 1. The molecule has 1 atom stereocenters. The van der Waals surface area contributed by atoms with Gasteiger partial charge in [-0.05, 0) is 30.8 Å². The number of hydrogen-bond donors (Lipinski definition) is 2. The van der Waals surface area contributed by atoms with Gasteiger partial charge in [-0.15, -0.1) is 11.3 Å². The van der Waals surface area contributed by atoms with E-state index in [1.54, 1.807) is 11.3 Å². The first kappa shape index (κ1) is 13.0. The lowest BCUT2D eigenvalue weighted by Crippen LogP contribution is -2.37. The average molecular weight is 267 g/mol. The Balaban J connectivity index is 1.85. The van der Waals surface area contributed by atoms with Gasteiger partial charge in [-0.3, -0.25) is 15.0 Å². The Bertz CT molecular complexity index is 419. The molecule has 1 unspecified atom stereocenters. The van der Waals surface area contributed by atoms with E-state index >= 15 is 0 Å². The highest BCUT2D eigenvalue weighted by atomic mass is 32.1. The second-order valence-electron chi connectivity index (χ2n) is 4.37. The molecule has 0 saturated carbocycles. The summed E-state index contributed by atoms with van der Waals surface area (Å²) in [7, 11) is 0. The van der Waals surface area contributed by atoms with Crippen LogP contribution in [0.5, 0.6) is 0 Å². The summed E-state index contributed by atoms with van der Waals surface area (Å²) in [5, 5.41) is 4.17. The molecule has 0 spiro atoms. The average Bonchev–Trinajstić information content (AvgIpc) is 2.96. The Morgan fingerprint density at radius 2 is 2.39 bits per heavy atom. The van der Waals surface area contributed by atoms with Crippen molar-refractivity contribution in [2.45, 2.75) is 25.3 Å². The van der Waals surface area contributed by atoms with Crippen molar-refractivity contribution >= 4 is 23.3 Å². The van der Waals surface area contributed by atoms with Crippen LogP contribution in [0.2, 0.25) is 0 Å². The summed E-state index contributed by atoms with van der Waals surface area (Å²) in [6, 6.07) is 3.83. The van der Waals surface area contributed by atoms with Crippen LogP contribution in [0.15, 0.2) is 17.5 Å². The molecule has 0 radical (unpaired) electrons. The van der Waals surface area contributed by atoms with E-state index in [-0.39, 0.29) is 5.91 Å². The number of nitrogens with two attached hydrogens (primary N) is 1. The molecule has 3 amide bonds. The first-order valence-electron chi connectivity index (χ1n) is 6.03. The zero-order chi connectivity index (χ0) is 13.0. The first-order valence-corrected chi connectivity index (χ1v) is 6.91. The molecule has 1 aromatic rings. The predicted octanol–water partition coefficient (Wildman–Crippen LogP) is 1.47. The molecule has 98 valence electrons. The third-order valence-corrected chi connectivity index (χ3v) is 4.10. The Morgan fingerprint density at radius 1 is 1.56 bits per heavy atom. The van der Waals surface area contributed by atoms with Crippen molar-refractivity contribution in [2.24, 2.45) is 5.73 Å². The molecule has 0 aromatic carbocycles. The van der Waals surface area contributed by atoms with Gasteiger partial charge in [-0.2, -0.15) is 0 Å². The largest absolute Gasteiger partial charge is 0.351 e. The lowest BCUT2D eigenvalue weighted by molar-refractivity contribution is -0.120. The van der Waals surface area contributed by atoms with E-state index in [9.17, 15) is 9.59 Å². The van der Waals surface area contributed by atoms with Crippen LogP contribution in [-0.2, 0) is 4.79 Å². The highest BCUT2D eigenvalue weighted by Crippen LogP contribution is 2.34. The molecule has 5 nitrogen and oxygen atoms in total. The summed E-state index contributed by atoms with van der Waals surface area (Å²) < 4.78 is 0. The number of amides is 3. The van der Waals surface area contributed by atoms with Gasteiger partial charge in [0, 0.05) is 23.9 Å². The van der Waals surface area contributed by atoms with Gasteiger partial charge in [0.1, 0.15) is 0 Å². The number of thiophene rings is 1. The molecule has 0 bridgehead atoms. The van der Waals surface area contributed by atoms with Gasteiger partial charge in [-0.25, -0.2) is 4.79 Å². The van der Waals surface area contributed by atoms with Crippen LogP contribution >= 0.6 is 11.3 Å². The molecule has 1 saturated heterocycles. The van der Waals surface area contributed by atoms with Crippen LogP contribution in [0.25, 0.3) is 0 Å². The maximum atomic E-state index is 11.4. The van der Waals surface area contributed by atoms with Crippen molar-refractivity contribution in [3.05, 3.63) is 22.4 Å². The Kier molecular flexibility index (Phi) is 4.33. The standard InChI is InChI=1S/C12H17N3O2S/c13-12(17)14-11(16)5-7-15-6-1-3-9(15)10-4-2-8-18-10/h2,4,8-9H,1,3,5-7H2,(H3,13,14,16,17). The monoisotopic (exact) mass is 267 g/mol. The number of rotatable bonds is 4. The van der Waals surface area contributed by atoms with Crippen LogP contribution < -0.4 is 11.1 Å². The minimum Gasteiger partial charge on any atom is -0.351 e. The van der Waals surface area contributed by atoms with Crippen LogP contribution in [0.3, 0.4) is 0 Å². The second-order valence-corrected chi connectivity index (χ2v) is 5.35. The van der Waals surface area contributed by atoms with Gasteiger partial charge in [0.15, 0.2) is 0 Å². The van der Waals surface area contributed by atoms with Crippen molar-refractivity contribution < 1.29 is 9.59 Å². The van der Waals surface area contributed by atoms with Gasteiger partial charge >= 0.3 is 6.03 Å². The van der Waals surface area contributed by atoms with E-state index in [1.165, 1.54) is 4.88 Å². The van der Waals surface area contributed by atoms with E-state index in [0.717, 1.165) is 19.4 Å². The normalized spacial score (nSPS) is 19.9. The van der Waals surface area contributed by atoms with Crippen molar-refractivity contribution in [1.29, 1.82) is 0 Å². The van der Waals surface area contributed by atoms with Crippen LogP contribution in [0.1, 0.15) is 30.2 Å². The summed E-state index contributed by atoms with van der Waals surface area (Å²) in [6.07, 6.45) is 2.60. The fourth-order valence-corrected chi connectivity index (χ4v) is 3.24. The van der Waals surface area contributed by atoms with Crippen LogP contribution in [0.4, 0.5) is 4.79 Å². The molecule has 3 N–H and O–H groups in total. The fourth-order valence-electron chi connectivity index (χ4n) is 2.34. The van der Waals surface area contributed by atoms with Crippen molar-refractivity contribution in [1.82, 2.24) is 10.2 Å². The van der Waals surface area contributed by atoms with Crippen LogP contribution in [-0.4, -0.2) is 29.9 Å². The third-order valence-electron chi connectivity index (χ3n) is 3.12. The first-order chi connectivity index (χ1) is 8.66. The van der Waals surface area contributed by atoms with Gasteiger partial charge in [0.05, 0.1) is 0 Å². The molecule has 2 heterocycles. The predicted molar refractivity (Wildman–Crippen MR) is 70.2 cm³/mol. The van der Waals surface area contributed by atoms with Gasteiger partial charge in [0.25, 0.3) is 0 Å². The van der Waals surface area contributed by atoms with E-state index in [4.69, 9.17) is 5.73 Å². The highest BCUT2D eigenvalue weighted by Gasteiger charge is 2.26. The Labute approximate surface area is 110 Å². The topological polar surface area (TPSA) is 75.4 Å². The van der Waals surface area contributed by atoms with E-state index < -0.39 is 6.03 Å². The highest BCUT2D eigenvalue weighted by molar-refractivity contribution is 7.10. The van der Waals surface area contributed by atoms with Crippen molar-refractivity contribution in [3.8, 4) is 0 Å². The van der Waals surface area contributed by atoms with E-state index in [1.807, 2.05) is 0 Å². The minimum absolute atomic E-state index is 0.306. The number of hydrogen-bond acceptors (Lipinski definition) is 4. The van der Waals surface area contributed by atoms with E-state index in [0.29, 0.717) is 19.0 Å². The molecule has 2 rings (SSSR count). The summed E-state index contributed by atoms with van der Waals surface area (Å²) in [4.78, 5) is 25.6. The summed E-state index contributed by atoms with van der Waals surface area (Å²) >= 11 is 1.75. The number of imide groups is 1. The summed E-state index contributed by atoms with van der Waals surface area (Å²) in [5.41, 5.74) is 4.90. The second kappa shape index (κ2) is 5.97. The van der Waals surface area contributed by atoms with Crippen LogP contribution in [0, 0.1) is 0 Å². The van der Waals surface area contributed by atoms with Crippen molar-refractivity contribution in [3.63, 3.8) is 0 Å². The molecule has 1 aliphatic rings. The zero-order valence-electron chi connectivity index (χ0n) is 10.1. The number of carbonyl (C=O) groups is 2. The number of likely N-dealkylation sites (tertiary alicyclic amines) is 1. The summed E-state index contributed by atoms with van der Waals surface area (Å²) in [5.74, 6) is -0.306. The molecule has 1 fully saturated rings. The van der Waals surface area contributed by atoms with Gasteiger partial charge < -0.3 is 5.73 Å². The molecule has 0 aliphatic carbocycles. The summed E-state index contributed by atoms with van der Waals surface area (Å²) in [6.45, 7) is 1.67. The maximum absolute atomic E-state index is 11.4. The lowest BCUT2D eigenvalue weighted by Gasteiger charge is -2.23. The van der Waals surface area contributed by atoms with Gasteiger partial charge in [-0.1, -0.05) is 6.07 Å². The fraction of sp³-hybridized carbons (Fsp3) is 0.500. The Morgan fingerprint density at radius 3 is 3.06 bits per heavy atom. The zero-order valence-corrected chi connectivity index (χ0v) is 10.9. The molecule has 1 aromatic heterocycles. The molecular weight excluding hydrogens is 250 g/mol. The van der Waals surface area contributed by atoms with Crippen molar-refractivity contribution in [2.75, 3.05) is 13.1 Å². The molecular formula is C12H17N3O2S. The van der Waals surface area contributed by atoms with Gasteiger partial charge in [0.2, 0.25) is 5.91 Å². The number of nitrogens with zero attached hydrogens (tertiary/aromatic N) is 1. The molecule has 6 heteroatoms. The quantitative estimate of drug-likeness (QED) is 0.867. The van der Waals surface area contributed by atoms with E-state index in [2.05, 4.69) is 27.7 Å².